The predicted octanol–water partition coefficient (Wildman–Crippen LogP) is 2.87. The monoisotopic (exact) mass is 417 g/mol. The first-order valence-electron chi connectivity index (χ1n) is 9.24. The van der Waals surface area contributed by atoms with Crippen LogP contribution >= 0.6 is 0 Å². The number of aliphatic imine (C=N–C) groups is 1. The zero-order chi connectivity index (χ0) is 20.9. The zero-order valence-electron chi connectivity index (χ0n) is 16.3. The van der Waals surface area contributed by atoms with E-state index in [9.17, 15) is 13.2 Å². The van der Waals surface area contributed by atoms with Crippen LogP contribution in [-0.2, 0) is 28.6 Å². The maximum atomic E-state index is 12.3. The van der Waals surface area contributed by atoms with Crippen molar-refractivity contribution >= 4 is 22.0 Å². The Bertz CT molecular complexity index is 970. The third-order valence-corrected chi connectivity index (χ3v) is 5.72. The summed E-state index contributed by atoms with van der Waals surface area (Å²) < 4.78 is 40.8. The summed E-state index contributed by atoms with van der Waals surface area (Å²) >= 11 is 0. The standard InChI is InChI=1S/C21H23NO6S/c1-15-8-10-18(11-9-15)29(24,25)27-13-12-20(28-16(2)23)19-14-26-21(22-19)17-6-4-3-5-7-17/h3-11,19-20H,12-14H2,1-2H3/t19-,20-/m0/s1. The number of hydrogen-bond acceptors (Lipinski definition) is 7. The van der Waals surface area contributed by atoms with Gasteiger partial charge >= 0.3 is 5.97 Å². The van der Waals surface area contributed by atoms with Crippen molar-refractivity contribution in [3.63, 3.8) is 0 Å². The van der Waals surface area contributed by atoms with Crippen molar-refractivity contribution in [2.45, 2.75) is 37.3 Å². The van der Waals surface area contributed by atoms with Crippen LogP contribution in [0.1, 0.15) is 24.5 Å². The molecule has 0 unspecified atom stereocenters. The van der Waals surface area contributed by atoms with Crippen LogP contribution in [0.2, 0.25) is 0 Å². The number of aryl methyl sites for hydroxylation is 1. The minimum absolute atomic E-state index is 0.0840. The molecule has 0 N–H and O–H groups in total. The molecule has 0 saturated carbocycles. The van der Waals surface area contributed by atoms with Crippen molar-refractivity contribution in [2.24, 2.45) is 4.99 Å². The Labute approximate surface area is 170 Å². The average molecular weight is 417 g/mol. The highest BCUT2D eigenvalue weighted by atomic mass is 32.2. The number of ether oxygens (including phenoxy) is 2. The van der Waals surface area contributed by atoms with Crippen LogP contribution in [-0.4, -0.2) is 45.6 Å². The van der Waals surface area contributed by atoms with Gasteiger partial charge in [-0.2, -0.15) is 8.42 Å². The van der Waals surface area contributed by atoms with Crippen LogP contribution in [0, 0.1) is 6.92 Å². The largest absolute Gasteiger partial charge is 0.475 e. The molecule has 1 heterocycles. The van der Waals surface area contributed by atoms with E-state index in [0.29, 0.717) is 5.90 Å². The van der Waals surface area contributed by atoms with E-state index in [4.69, 9.17) is 13.7 Å². The molecule has 0 spiro atoms. The third kappa shape index (κ3) is 5.65. The van der Waals surface area contributed by atoms with Crippen LogP contribution in [0.5, 0.6) is 0 Å². The van der Waals surface area contributed by atoms with Gasteiger partial charge in [-0.25, -0.2) is 4.99 Å². The van der Waals surface area contributed by atoms with E-state index in [0.717, 1.165) is 11.1 Å². The number of rotatable bonds is 8. The Kier molecular flexibility index (Phi) is 6.66. The fraction of sp³-hybridized carbons (Fsp3) is 0.333. The van der Waals surface area contributed by atoms with E-state index in [-0.39, 0.29) is 24.5 Å². The van der Waals surface area contributed by atoms with Gasteiger partial charge in [-0.05, 0) is 31.2 Å². The van der Waals surface area contributed by atoms with E-state index < -0.39 is 28.2 Å². The molecule has 0 aromatic heterocycles. The topological polar surface area (TPSA) is 91.3 Å². The van der Waals surface area contributed by atoms with Gasteiger partial charge in [0.1, 0.15) is 18.8 Å². The van der Waals surface area contributed by atoms with Gasteiger partial charge in [0.05, 0.1) is 11.5 Å². The molecule has 29 heavy (non-hydrogen) atoms. The first kappa shape index (κ1) is 21.0. The molecule has 2 aromatic carbocycles. The zero-order valence-corrected chi connectivity index (χ0v) is 17.1. The fourth-order valence-corrected chi connectivity index (χ4v) is 3.83. The van der Waals surface area contributed by atoms with Crippen molar-refractivity contribution in [3.8, 4) is 0 Å². The quantitative estimate of drug-likeness (QED) is 0.485. The lowest BCUT2D eigenvalue weighted by molar-refractivity contribution is -0.148. The summed E-state index contributed by atoms with van der Waals surface area (Å²) in [4.78, 5) is 16.1. The molecule has 0 bridgehead atoms. The molecule has 7 nitrogen and oxygen atoms in total. The lowest BCUT2D eigenvalue weighted by atomic mass is 10.1. The Morgan fingerprint density at radius 2 is 1.86 bits per heavy atom. The summed E-state index contributed by atoms with van der Waals surface area (Å²) in [6.45, 7) is 3.27. The highest BCUT2D eigenvalue weighted by molar-refractivity contribution is 7.86. The highest BCUT2D eigenvalue weighted by Gasteiger charge is 2.31. The molecule has 0 radical (unpaired) electrons. The molecule has 0 saturated heterocycles. The van der Waals surface area contributed by atoms with Gasteiger partial charge in [-0.15, -0.1) is 0 Å². The maximum Gasteiger partial charge on any atom is 0.302 e. The molecule has 1 aliphatic heterocycles. The molecule has 154 valence electrons. The van der Waals surface area contributed by atoms with Crippen molar-refractivity contribution < 1.29 is 26.9 Å². The highest BCUT2D eigenvalue weighted by Crippen LogP contribution is 2.20. The summed E-state index contributed by atoms with van der Waals surface area (Å²) in [6.07, 6.45) is -0.480. The van der Waals surface area contributed by atoms with Gasteiger partial charge in [0.15, 0.2) is 0 Å². The third-order valence-electron chi connectivity index (χ3n) is 4.39. The van der Waals surface area contributed by atoms with Gasteiger partial charge in [-0.1, -0.05) is 35.9 Å². The summed E-state index contributed by atoms with van der Waals surface area (Å²) in [5.41, 5.74) is 1.78. The van der Waals surface area contributed by atoms with Gasteiger partial charge < -0.3 is 9.47 Å². The van der Waals surface area contributed by atoms with Crippen LogP contribution in [0.3, 0.4) is 0 Å². The lowest BCUT2D eigenvalue weighted by Gasteiger charge is -2.20. The second kappa shape index (κ2) is 9.19. The Morgan fingerprint density at radius 3 is 2.52 bits per heavy atom. The summed E-state index contributed by atoms with van der Waals surface area (Å²) in [7, 11) is -3.89. The minimum atomic E-state index is -3.89. The molecule has 0 amide bonds. The molecular weight excluding hydrogens is 394 g/mol. The van der Waals surface area contributed by atoms with Crippen molar-refractivity contribution in [3.05, 3.63) is 65.7 Å². The second-order valence-electron chi connectivity index (χ2n) is 6.70. The van der Waals surface area contributed by atoms with Crippen LogP contribution < -0.4 is 0 Å². The summed E-state index contributed by atoms with van der Waals surface area (Å²) in [5, 5.41) is 0. The van der Waals surface area contributed by atoms with E-state index >= 15 is 0 Å². The minimum Gasteiger partial charge on any atom is -0.475 e. The van der Waals surface area contributed by atoms with Crippen molar-refractivity contribution in [2.75, 3.05) is 13.2 Å². The number of nitrogens with zero attached hydrogens (tertiary/aromatic N) is 1. The Morgan fingerprint density at radius 1 is 1.17 bits per heavy atom. The lowest BCUT2D eigenvalue weighted by Crippen LogP contribution is -2.32. The average Bonchev–Trinajstić information content (AvgIpc) is 3.18. The summed E-state index contributed by atoms with van der Waals surface area (Å²) in [6, 6.07) is 15.4. The van der Waals surface area contributed by atoms with E-state index in [1.165, 1.54) is 19.1 Å². The Balaban J connectivity index is 1.65. The summed E-state index contributed by atoms with van der Waals surface area (Å²) in [5.74, 6) is 0.000648. The number of esters is 1. The van der Waals surface area contributed by atoms with Gasteiger partial charge in [0.25, 0.3) is 10.1 Å². The predicted molar refractivity (Wildman–Crippen MR) is 107 cm³/mol. The second-order valence-corrected chi connectivity index (χ2v) is 8.32. The van der Waals surface area contributed by atoms with E-state index in [1.54, 1.807) is 12.1 Å². The van der Waals surface area contributed by atoms with Crippen LogP contribution in [0.25, 0.3) is 0 Å². The molecular formula is C21H23NO6S. The molecule has 8 heteroatoms. The normalized spacial score (nSPS) is 17.3. The van der Waals surface area contributed by atoms with E-state index in [2.05, 4.69) is 4.99 Å². The first-order chi connectivity index (χ1) is 13.8. The number of carbonyl (C=O) groups excluding carboxylic acids is 1. The molecule has 2 aromatic rings. The number of carbonyl (C=O) groups is 1. The fourth-order valence-electron chi connectivity index (χ4n) is 2.91. The molecule has 2 atom stereocenters. The first-order valence-corrected chi connectivity index (χ1v) is 10.7. The van der Waals surface area contributed by atoms with Crippen molar-refractivity contribution in [1.29, 1.82) is 0 Å². The van der Waals surface area contributed by atoms with Crippen molar-refractivity contribution in [1.82, 2.24) is 0 Å². The Hall–Kier alpha value is -2.71. The van der Waals surface area contributed by atoms with Crippen LogP contribution in [0.15, 0.2) is 64.5 Å². The van der Waals surface area contributed by atoms with Gasteiger partial charge in [0.2, 0.25) is 5.90 Å². The van der Waals surface area contributed by atoms with Gasteiger partial charge in [0, 0.05) is 18.9 Å². The SMILES string of the molecule is CC(=O)O[C@@H](CCOS(=O)(=O)c1ccc(C)cc1)[C@@H]1COC(c2ccccc2)=N1. The van der Waals surface area contributed by atoms with Crippen LogP contribution in [0.4, 0.5) is 0 Å². The van der Waals surface area contributed by atoms with Gasteiger partial charge in [-0.3, -0.25) is 8.98 Å². The smallest absolute Gasteiger partial charge is 0.302 e. The molecule has 3 rings (SSSR count). The molecule has 0 aliphatic carbocycles. The maximum absolute atomic E-state index is 12.3. The number of benzene rings is 2. The number of hydrogen-bond donors (Lipinski definition) is 0. The van der Waals surface area contributed by atoms with E-state index in [1.807, 2.05) is 37.3 Å². The molecule has 1 aliphatic rings. The molecule has 0 fully saturated rings.